The van der Waals surface area contributed by atoms with E-state index in [2.05, 4.69) is 5.10 Å². The molecule has 0 bridgehead atoms. The Morgan fingerprint density at radius 3 is 2.43 bits per heavy atom. The van der Waals surface area contributed by atoms with E-state index in [0.29, 0.717) is 57.3 Å². The maximum absolute atomic E-state index is 13.5. The number of methoxy groups -OCH3 is 2. The van der Waals surface area contributed by atoms with Crippen molar-refractivity contribution in [1.82, 2.24) is 14.7 Å². The molecule has 0 fully saturated rings. The number of aryl methyl sites for hydroxylation is 1. The summed E-state index contributed by atoms with van der Waals surface area (Å²) < 4.78 is 18.0. The van der Waals surface area contributed by atoms with Crippen LogP contribution in [0.15, 0.2) is 59.0 Å². The molecule has 0 saturated heterocycles. The fourth-order valence-electron chi connectivity index (χ4n) is 3.67. The van der Waals surface area contributed by atoms with Crippen LogP contribution < -0.4 is 9.47 Å². The molecule has 0 aliphatic rings. The van der Waals surface area contributed by atoms with Gasteiger partial charge in [-0.2, -0.15) is 5.10 Å². The van der Waals surface area contributed by atoms with E-state index in [1.807, 2.05) is 37.3 Å². The lowest BCUT2D eigenvalue weighted by Gasteiger charge is -2.18. The Morgan fingerprint density at radius 2 is 1.77 bits per heavy atom. The number of likely N-dealkylation sites (N-methyl/N-ethyl adjacent to an activating group) is 1. The maximum Gasteiger partial charge on any atom is 0.272 e. The van der Waals surface area contributed by atoms with Crippen molar-refractivity contribution < 1.29 is 18.7 Å². The maximum atomic E-state index is 13.5. The summed E-state index contributed by atoms with van der Waals surface area (Å²) in [6, 6.07) is 16.2. The smallest absolute Gasteiger partial charge is 0.272 e. The molecule has 4 rings (SSSR count). The highest BCUT2D eigenvalue weighted by Gasteiger charge is 2.22. The Bertz CT molecular complexity index is 1360. The van der Waals surface area contributed by atoms with Gasteiger partial charge in [-0.1, -0.05) is 29.3 Å². The minimum absolute atomic E-state index is 0.196. The Morgan fingerprint density at radius 1 is 1.00 bits per heavy atom. The summed E-state index contributed by atoms with van der Waals surface area (Å²) in [7, 11) is 4.95. The lowest BCUT2D eigenvalue weighted by atomic mass is 10.1. The normalized spacial score (nSPS) is 10.9. The van der Waals surface area contributed by atoms with Crippen molar-refractivity contribution in [2.75, 3.05) is 27.8 Å². The fraction of sp³-hybridized carbons (Fsp3) is 0.231. The van der Waals surface area contributed by atoms with Gasteiger partial charge in [-0.25, -0.2) is 4.68 Å². The third-order valence-corrected chi connectivity index (χ3v) is 6.34. The SMILES string of the molecule is COc1ccc(CCN(C)C(=O)c2cc(-c3ccc(C)o3)nn2-c2ccc(Cl)c(Cl)c2)cc1OC. The highest BCUT2D eigenvalue weighted by molar-refractivity contribution is 6.42. The molecule has 0 unspecified atom stereocenters. The first kappa shape index (κ1) is 24.7. The molecular weight excluding hydrogens is 489 g/mol. The first-order chi connectivity index (χ1) is 16.8. The predicted molar refractivity (Wildman–Crippen MR) is 136 cm³/mol. The number of hydrogen-bond donors (Lipinski definition) is 0. The number of amides is 1. The first-order valence-corrected chi connectivity index (χ1v) is 11.6. The fourth-order valence-corrected chi connectivity index (χ4v) is 3.96. The van der Waals surface area contributed by atoms with Crippen molar-refractivity contribution in [2.45, 2.75) is 13.3 Å². The van der Waals surface area contributed by atoms with Gasteiger partial charge in [0.2, 0.25) is 0 Å². The number of furan rings is 1. The molecule has 0 aliphatic carbocycles. The van der Waals surface area contributed by atoms with Gasteiger partial charge in [0.05, 0.1) is 30.0 Å². The molecule has 2 aromatic heterocycles. The molecule has 0 N–H and O–H groups in total. The lowest BCUT2D eigenvalue weighted by Crippen LogP contribution is -2.30. The number of halogens is 2. The van der Waals surface area contributed by atoms with E-state index in [1.165, 1.54) is 0 Å². The summed E-state index contributed by atoms with van der Waals surface area (Å²) in [6.07, 6.45) is 0.633. The summed E-state index contributed by atoms with van der Waals surface area (Å²) in [5.74, 6) is 2.44. The molecule has 4 aromatic rings. The van der Waals surface area contributed by atoms with Crippen LogP contribution in [0.2, 0.25) is 10.0 Å². The summed E-state index contributed by atoms with van der Waals surface area (Å²) in [6.45, 7) is 2.34. The second-order valence-corrected chi connectivity index (χ2v) is 8.82. The Kier molecular flexibility index (Phi) is 7.38. The molecule has 2 aromatic carbocycles. The van der Waals surface area contributed by atoms with E-state index >= 15 is 0 Å². The van der Waals surface area contributed by atoms with Crippen molar-refractivity contribution in [3.8, 4) is 28.6 Å². The molecule has 0 saturated carbocycles. The predicted octanol–water partition coefficient (Wildman–Crippen LogP) is 6.08. The van der Waals surface area contributed by atoms with Crippen LogP contribution in [-0.4, -0.2) is 48.4 Å². The number of carbonyl (C=O) groups is 1. The van der Waals surface area contributed by atoms with Crippen molar-refractivity contribution in [3.63, 3.8) is 0 Å². The van der Waals surface area contributed by atoms with E-state index in [4.69, 9.17) is 37.1 Å². The molecule has 35 heavy (non-hydrogen) atoms. The number of aromatic nitrogens is 2. The van der Waals surface area contributed by atoms with Gasteiger partial charge in [-0.05, 0) is 61.4 Å². The Labute approximate surface area is 213 Å². The molecule has 1 amide bonds. The van der Waals surface area contributed by atoms with E-state index < -0.39 is 0 Å². The van der Waals surface area contributed by atoms with Gasteiger partial charge < -0.3 is 18.8 Å². The minimum atomic E-state index is -0.196. The second kappa shape index (κ2) is 10.5. The van der Waals surface area contributed by atoms with Crippen LogP contribution in [0.1, 0.15) is 21.8 Å². The first-order valence-electron chi connectivity index (χ1n) is 10.9. The van der Waals surface area contributed by atoms with Gasteiger partial charge in [0, 0.05) is 19.7 Å². The number of nitrogens with zero attached hydrogens (tertiary/aromatic N) is 3. The van der Waals surface area contributed by atoms with Crippen LogP contribution in [0, 0.1) is 6.92 Å². The van der Waals surface area contributed by atoms with Gasteiger partial charge in [0.25, 0.3) is 5.91 Å². The quantitative estimate of drug-likeness (QED) is 0.285. The van der Waals surface area contributed by atoms with Gasteiger partial charge >= 0.3 is 0 Å². The molecule has 0 spiro atoms. The second-order valence-electron chi connectivity index (χ2n) is 8.00. The zero-order chi connectivity index (χ0) is 25.1. The van der Waals surface area contributed by atoms with Crippen LogP contribution >= 0.6 is 23.2 Å². The van der Waals surface area contributed by atoms with Crippen LogP contribution in [0.5, 0.6) is 11.5 Å². The van der Waals surface area contributed by atoms with Gasteiger partial charge in [-0.3, -0.25) is 4.79 Å². The largest absolute Gasteiger partial charge is 0.493 e. The molecule has 2 heterocycles. The van der Waals surface area contributed by atoms with Crippen LogP contribution in [0.3, 0.4) is 0 Å². The van der Waals surface area contributed by atoms with Crippen LogP contribution in [0.4, 0.5) is 0 Å². The van der Waals surface area contributed by atoms with Crippen LogP contribution in [-0.2, 0) is 6.42 Å². The van der Waals surface area contributed by atoms with Crippen molar-refractivity contribution in [3.05, 3.63) is 81.7 Å². The third kappa shape index (κ3) is 5.31. The topological polar surface area (TPSA) is 69.7 Å². The average Bonchev–Trinajstić information content (AvgIpc) is 3.50. The minimum Gasteiger partial charge on any atom is -0.493 e. The number of hydrogen-bond acceptors (Lipinski definition) is 5. The molecule has 9 heteroatoms. The molecule has 7 nitrogen and oxygen atoms in total. The number of rotatable bonds is 8. The Hall–Kier alpha value is -3.42. The highest BCUT2D eigenvalue weighted by Crippen LogP contribution is 2.29. The average molecular weight is 514 g/mol. The van der Waals surface area contributed by atoms with Crippen molar-refractivity contribution in [2.24, 2.45) is 0 Å². The number of ether oxygens (including phenoxy) is 2. The standard InChI is InChI=1S/C26H25Cl2N3O4/c1-16-5-9-23(35-16)21-15-22(31(29-21)18-7-8-19(27)20(28)14-18)26(32)30(2)12-11-17-6-10-24(33-3)25(13-17)34-4/h5-10,13-15H,11-12H2,1-4H3. The monoisotopic (exact) mass is 513 g/mol. The molecule has 0 atom stereocenters. The summed E-state index contributed by atoms with van der Waals surface area (Å²) in [5, 5.41) is 5.43. The van der Waals surface area contributed by atoms with Gasteiger partial charge in [0.1, 0.15) is 17.1 Å². The summed E-state index contributed by atoms with van der Waals surface area (Å²) in [5.41, 5.74) is 2.56. The van der Waals surface area contributed by atoms with Crippen molar-refractivity contribution >= 4 is 29.1 Å². The number of benzene rings is 2. The summed E-state index contributed by atoms with van der Waals surface area (Å²) >= 11 is 12.3. The zero-order valence-electron chi connectivity index (χ0n) is 19.8. The van der Waals surface area contributed by atoms with Gasteiger partial charge in [0.15, 0.2) is 17.3 Å². The molecule has 0 aliphatic heterocycles. The van der Waals surface area contributed by atoms with Crippen LogP contribution in [0.25, 0.3) is 17.1 Å². The van der Waals surface area contributed by atoms with E-state index in [-0.39, 0.29) is 5.91 Å². The van der Waals surface area contributed by atoms with E-state index in [0.717, 1.165) is 11.3 Å². The molecular formula is C26H25Cl2N3O4. The van der Waals surface area contributed by atoms with E-state index in [9.17, 15) is 4.79 Å². The van der Waals surface area contributed by atoms with Crippen molar-refractivity contribution in [1.29, 1.82) is 0 Å². The number of carbonyl (C=O) groups excluding carboxylic acids is 1. The highest BCUT2D eigenvalue weighted by atomic mass is 35.5. The Balaban J connectivity index is 1.62. The van der Waals surface area contributed by atoms with E-state index in [1.54, 1.807) is 55.1 Å². The molecule has 182 valence electrons. The third-order valence-electron chi connectivity index (χ3n) is 5.60. The lowest BCUT2D eigenvalue weighted by molar-refractivity contribution is 0.0787. The zero-order valence-corrected chi connectivity index (χ0v) is 21.4. The van der Waals surface area contributed by atoms with Gasteiger partial charge in [-0.15, -0.1) is 0 Å². The molecule has 0 radical (unpaired) electrons. The summed E-state index contributed by atoms with van der Waals surface area (Å²) in [4.78, 5) is 15.2.